The highest BCUT2D eigenvalue weighted by molar-refractivity contribution is 6.14. The van der Waals surface area contributed by atoms with Crippen LogP contribution in [-0.4, -0.2) is 48.6 Å². The number of rotatable bonds is 11. The molecule has 1 N–H and O–H groups in total. The predicted molar refractivity (Wildman–Crippen MR) is 123 cm³/mol. The van der Waals surface area contributed by atoms with Gasteiger partial charge < -0.3 is 19.5 Å². The van der Waals surface area contributed by atoms with E-state index in [1.165, 1.54) is 11.0 Å². The van der Waals surface area contributed by atoms with Gasteiger partial charge in [0.2, 0.25) is 0 Å². The van der Waals surface area contributed by atoms with Crippen molar-refractivity contribution in [2.75, 3.05) is 26.9 Å². The largest absolute Gasteiger partial charge is 0.503 e. The van der Waals surface area contributed by atoms with Crippen molar-refractivity contribution in [3.63, 3.8) is 0 Å². The number of nitrogens with zero attached hydrogens (tertiary/aromatic N) is 1. The molecule has 0 spiro atoms. The molecule has 0 radical (unpaired) electrons. The van der Waals surface area contributed by atoms with Gasteiger partial charge >= 0.3 is 0 Å². The fourth-order valence-electron chi connectivity index (χ4n) is 3.62. The molecular weight excluding hydrogens is 406 g/mol. The van der Waals surface area contributed by atoms with Crippen LogP contribution in [0.3, 0.4) is 0 Å². The highest BCUT2D eigenvalue weighted by atomic mass is 16.5. The van der Waals surface area contributed by atoms with Crippen molar-refractivity contribution in [2.45, 2.75) is 12.5 Å². The molecule has 1 heterocycles. The zero-order chi connectivity index (χ0) is 22.9. The molecule has 0 bridgehead atoms. The molecule has 1 aliphatic heterocycles. The van der Waals surface area contributed by atoms with Gasteiger partial charge in [0.1, 0.15) is 12.4 Å². The molecule has 0 aromatic heterocycles. The monoisotopic (exact) mass is 433 g/mol. The Morgan fingerprint density at radius 2 is 1.97 bits per heavy atom. The van der Waals surface area contributed by atoms with Crippen LogP contribution < -0.4 is 4.74 Å². The summed E-state index contributed by atoms with van der Waals surface area (Å²) in [6.07, 6.45) is 5.26. The fraction of sp³-hybridized carbons (Fsp3) is 0.231. The molecule has 6 nitrogen and oxygen atoms in total. The number of aliphatic hydroxyl groups is 1. The molecule has 1 aliphatic rings. The predicted octanol–water partition coefficient (Wildman–Crippen LogP) is 4.27. The van der Waals surface area contributed by atoms with Crippen LogP contribution in [0.15, 0.2) is 84.7 Å². The number of carbonyl (C=O) groups excluding carboxylic acids is 2. The van der Waals surface area contributed by atoms with E-state index < -0.39 is 23.5 Å². The molecule has 32 heavy (non-hydrogen) atoms. The number of allylic oxidation sites excluding steroid dienone is 1. The van der Waals surface area contributed by atoms with E-state index in [2.05, 4.69) is 6.58 Å². The van der Waals surface area contributed by atoms with Crippen LogP contribution in [0.4, 0.5) is 0 Å². The SMILES string of the molecule is C=CCOc1cccc(C2C(C(=O)C=Cc3ccccc3)=C(O)C(=O)N2CCCOC)c1. The van der Waals surface area contributed by atoms with E-state index in [-0.39, 0.29) is 5.57 Å². The van der Waals surface area contributed by atoms with Crippen LogP contribution in [0.2, 0.25) is 0 Å². The Bertz CT molecular complexity index is 1030. The van der Waals surface area contributed by atoms with Crippen LogP contribution in [0.5, 0.6) is 5.75 Å². The van der Waals surface area contributed by atoms with Crippen molar-refractivity contribution in [3.8, 4) is 5.75 Å². The number of benzene rings is 2. The summed E-state index contributed by atoms with van der Waals surface area (Å²) in [6, 6.07) is 15.8. The molecule has 0 saturated carbocycles. The number of carbonyl (C=O) groups is 2. The lowest BCUT2D eigenvalue weighted by molar-refractivity contribution is -0.129. The molecular formula is C26H27NO5. The number of hydrogen-bond donors (Lipinski definition) is 1. The molecule has 0 fully saturated rings. The molecule has 0 saturated heterocycles. The van der Waals surface area contributed by atoms with Crippen molar-refractivity contribution in [1.82, 2.24) is 4.90 Å². The van der Waals surface area contributed by atoms with Crippen LogP contribution in [0.1, 0.15) is 23.6 Å². The number of amides is 1. The molecule has 2 aromatic rings. The Morgan fingerprint density at radius 3 is 2.69 bits per heavy atom. The summed E-state index contributed by atoms with van der Waals surface area (Å²) in [5.41, 5.74) is 1.58. The summed E-state index contributed by atoms with van der Waals surface area (Å²) in [5, 5.41) is 10.7. The van der Waals surface area contributed by atoms with E-state index in [9.17, 15) is 14.7 Å². The summed E-state index contributed by atoms with van der Waals surface area (Å²) >= 11 is 0. The van der Waals surface area contributed by atoms with Gasteiger partial charge in [-0.15, -0.1) is 0 Å². The van der Waals surface area contributed by atoms with Crippen LogP contribution >= 0.6 is 0 Å². The smallest absolute Gasteiger partial charge is 0.290 e. The zero-order valence-corrected chi connectivity index (χ0v) is 18.1. The maximum Gasteiger partial charge on any atom is 0.290 e. The van der Waals surface area contributed by atoms with Gasteiger partial charge in [0, 0.05) is 20.3 Å². The first-order chi connectivity index (χ1) is 15.6. The minimum Gasteiger partial charge on any atom is -0.503 e. The van der Waals surface area contributed by atoms with E-state index in [1.807, 2.05) is 36.4 Å². The molecule has 3 rings (SSSR count). The molecule has 1 unspecified atom stereocenters. The first-order valence-electron chi connectivity index (χ1n) is 10.4. The second-order valence-electron chi connectivity index (χ2n) is 7.29. The first-order valence-corrected chi connectivity index (χ1v) is 10.4. The third-order valence-electron chi connectivity index (χ3n) is 5.09. The molecule has 1 atom stereocenters. The molecule has 2 aromatic carbocycles. The van der Waals surface area contributed by atoms with Gasteiger partial charge in [-0.2, -0.15) is 0 Å². The van der Waals surface area contributed by atoms with Gasteiger partial charge in [0.25, 0.3) is 5.91 Å². The highest BCUT2D eigenvalue weighted by Gasteiger charge is 2.42. The second-order valence-corrected chi connectivity index (χ2v) is 7.29. The lowest BCUT2D eigenvalue weighted by Gasteiger charge is -2.27. The quantitative estimate of drug-likeness (QED) is 0.325. The van der Waals surface area contributed by atoms with E-state index in [4.69, 9.17) is 9.47 Å². The van der Waals surface area contributed by atoms with Gasteiger partial charge in [-0.1, -0.05) is 61.2 Å². The highest BCUT2D eigenvalue weighted by Crippen LogP contribution is 2.39. The Kier molecular flexibility index (Phi) is 8.00. The van der Waals surface area contributed by atoms with Gasteiger partial charge in [0.15, 0.2) is 11.5 Å². The standard InChI is InChI=1S/C26H27NO5/c1-3-16-32-21-12-7-11-20(18-21)24-23(22(28)14-13-19-9-5-4-6-10-19)25(29)26(30)27(24)15-8-17-31-2/h3-7,9-14,18,24,29H,1,8,15-17H2,2H3. The van der Waals surface area contributed by atoms with Gasteiger partial charge in [-0.25, -0.2) is 0 Å². The minimum absolute atomic E-state index is 0.0560. The van der Waals surface area contributed by atoms with E-state index in [0.717, 1.165) is 5.56 Å². The molecule has 166 valence electrons. The summed E-state index contributed by atoms with van der Waals surface area (Å²) in [4.78, 5) is 27.5. The van der Waals surface area contributed by atoms with Gasteiger partial charge in [-0.05, 0) is 35.8 Å². The molecule has 6 heteroatoms. The van der Waals surface area contributed by atoms with Crippen molar-refractivity contribution < 1.29 is 24.2 Å². The summed E-state index contributed by atoms with van der Waals surface area (Å²) in [5.74, 6) is -0.923. The van der Waals surface area contributed by atoms with E-state index in [0.29, 0.717) is 37.5 Å². The maximum atomic E-state index is 13.1. The van der Waals surface area contributed by atoms with Crippen LogP contribution in [0, 0.1) is 0 Å². The van der Waals surface area contributed by atoms with Gasteiger partial charge in [0.05, 0.1) is 11.6 Å². The lowest BCUT2D eigenvalue weighted by atomic mass is 9.95. The zero-order valence-electron chi connectivity index (χ0n) is 18.1. The number of aliphatic hydroxyl groups excluding tert-OH is 1. The number of ether oxygens (including phenoxy) is 2. The number of ketones is 1. The average Bonchev–Trinajstić information content (AvgIpc) is 3.07. The van der Waals surface area contributed by atoms with Crippen LogP contribution in [-0.2, 0) is 14.3 Å². The second kappa shape index (κ2) is 11.1. The Labute approximate surface area is 188 Å². The number of methoxy groups -OCH3 is 1. The number of hydrogen-bond acceptors (Lipinski definition) is 5. The summed E-state index contributed by atoms with van der Waals surface area (Å²) in [7, 11) is 1.59. The minimum atomic E-state index is -0.723. The maximum absolute atomic E-state index is 13.1. The summed E-state index contributed by atoms with van der Waals surface area (Å²) in [6.45, 7) is 4.77. The van der Waals surface area contributed by atoms with Crippen molar-refractivity contribution in [3.05, 3.63) is 95.8 Å². The lowest BCUT2D eigenvalue weighted by Crippen LogP contribution is -2.32. The summed E-state index contributed by atoms with van der Waals surface area (Å²) < 4.78 is 10.7. The topological polar surface area (TPSA) is 76.1 Å². The molecule has 1 amide bonds. The average molecular weight is 434 g/mol. The Balaban J connectivity index is 1.96. The molecule has 0 aliphatic carbocycles. The van der Waals surface area contributed by atoms with Crippen LogP contribution in [0.25, 0.3) is 6.08 Å². The Morgan fingerprint density at radius 1 is 1.19 bits per heavy atom. The van der Waals surface area contributed by atoms with Crippen molar-refractivity contribution in [1.29, 1.82) is 0 Å². The van der Waals surface area contributed by atoms with E-state index >= 15 is 0 Å². The van der Waals surface area contributed by atoms with E-state index in [1.54, 1.807) is 37.5 Å². The third kappa shape index (κ3) is 5.34. The Hall–Kier alpha value is -3.64. The normalized spacial score (nSPS) is 16.1. The van der Waals surface area contributed by atoms with Gasteiger partial charge in [-0.3, -0.25) is 9.59 Å². The first kappa shape index (κ1) is 23.0. The third-order valence-corrected chi connectivity index (χ3v) is 5.09. The van der Waals surface area contributed by atoms with Crippen molar-refractivity contribution >= 4 is 17.8 Å². The van der Waals surface area contributed by atoms with Crippen molar-refractivity contribution in [2.24, 2.45) is 0 Å². The fourth-order valence-corrected chi connectivity index (χ4v) is 3.62.